The first-order chi connectivity index (χ1) is 15.9. The molecule has 0 spiro atoms. The fourth-order valence-corrected chi connectivity index (χ4v) is 3.84. The van der Waals surface area contributed by atoms with Gasteiger partial charge in [0.25, 0.3) is 5.91 Å². The van der Waals surface area contributed by atoms with Crippen LogP contribution in [-0.4, -0.2) is 22.3 Å². The Labute approximate surface area is 200 Å². The second-order valence-electron chi connectivity index (χ2n) is 7.61. The summed E-state index contributed by atoms with van der Waals surface area (Å²) in [5, 5.41) is 23.1. The van der Waals surface area contributed by atoms with Crippen molar-refractivity contribution in [3.05, 3.63) is 82.9 Å². The minimum atomic E-state index is -0.606. The number of rotatable bonds is 8. The zero-order valence-electron chi connectivity index (χ0n) is 18.0. The van der Waals surface area contributed by atoms with Crippen molar-refractivity contribution in [2.45, 2.75) is 25.9 Å². The summed E-state index contributed by atoms with van der Waals surface area (Å²) in [4.78, 5) is 23.9. The number of carbonyl (C=O) groups is 2. The second-order valence-corrected chi connectivity index (χ2v) is 8.53. The van der Waals surface area contributed by atoms with Gasteiger partial charge in [-0.3, -0.25) is 15.3 Å². The van der Waals surface area contributed by atoms with Crippen molar-refractivity contribution in [1.29, 1.82) is 0 Å². The molecular weight excluding hydrogens is 488 g/mol. The zero-order chi connectivity index (χ0) is 23.8. The normalized spacial score (nSPS) is 12.9. The highest BCUT2D eigenvalue weighted by molar-refractivity contribution is 9.10. The van der Waals surface area contributed by atoms with Crippen molar-refractivity contribution in [3.63, 3.8) is 0 Å². The molecule has 0 saturated carbocycles. The highest BCUT2D eigenvalue weighted by atomic mass is 79.9. The van der Waals surface area contributed by atoms with E-state index in [1.165, 1.54) is 6.08 Å². The van der Waals surface area contributed by atoms with E-state index in [1.54, 1.807) is 35.8 Å². The lowest BCUT2D eigenvalue weighted by Crippen LogP contribution is -2.22. The molecule has 0 unspecified atom stereocenters. The first-order valence-corrected chi connectivity index (χ1v) is 11.2. The van der Waals surface area contributed by atoms with E-state index in [4.69, 9.17) is 9.94 Å². The van der Waals surface area contributed by atoms with Gasteiger partial charge < -0.3 is 9.84 Å². The number of hydroxylamine groups is 1. The van der Waals surface area contributed by atoms with E-state index in [9.17, 15) is 14.7 Å². The van der Waals surface area contributed by atoms with Crippen LogP contribution in [0.2, 0.25) is 0 Å². The smallest absolute Gasteiger partial charge is 0.412 e. The van der Waals surface area contributed by atoms with E-state index in [1.807, 2.05) is 43.3 Å². The number of fused-ring (bicyclic) bond motifs is 1. The first kappa shape index (κ1) is 24.3. The monoisotopic (exact) mass is 512 g/mol. The molecule has 7 nitrogen and oxygen atoms in total. The number of hydrogen-bond donors (Lipinski definition) is 4. The molecule has 4 N–H and O–H groups in total. The van der Waals surface area contributed by atoms with Crippen molar-refractivity contribution in [2.75, 3.05) is 5.32 Å². The molecule has 2 atom stereocenters. The number of hydrogen-bond acceptors (Lipinski definition) is 5. The van der Waals surface area contributed by atoms with Gasteiger partial charge in [0.15, 0.2) is 0 Å². The SMILES string of the molecule is C[C@@H](CC/C=C/C(=O)NO)[C@H](OC(=O)Nc1ccc(Br)cc1)c1ccc(O)c2ccccc12. The summed E-state index contributed by atoms with van der Waals surface area (Å²) in [6.45, 7) is 1.96. The zero-order valence-corrected chi connectivity index (χ0v) is 19.6. The Hall–Kier alpha value is -3.36. The number of allylic oxidation sites excluding steroid dienone is 1. The van der Waals surface area contributed by atoms with Gasteiger partial charge in [-0.05, 0) is 54.5 Å². The Morgan fingerprint density at radius 2 is 1.76 bits per heavy atom. The van der Waals surface area contributed by atoms with E-state index in [0.717, 1.165) is 15.4 Å². The van der Waals surface area contributed by atoms with Gasteiger partial charge in [-0.25, -0.2) is 10.3 Å². The van der Waals surface area contributed by atoms with Gasteiger partial charge in [0.05, 0.1) is 0 Å². The molecule has 0 bridgehead atoms. The van der Waals surface area contributed by atoms with Gasteiger partial charge in [0, 0.05) is 27.2 Å². The molecule has 0 fully saturated rings. The van der Waals surface area contributed by atoms with Crippen LogP contribution in [-0.2, 0) is 9.53 Å². The molecule has 3 aromatic rings. The molecule has 8 heteroatoms. The van der Waals surface area contributed by atoms with Crippen molar-refractivity contribution in [1.82, 2.24) is 5.48 Å². The number of amides is 2. The molecule has 2 amide bonds. The summed E-state index contributed by atoms with van der Waals surface area (Å²) in [5.74, 6) is -0.567. The van der Waals surface area contributed by atoms with E-state index >= 15 is 0 Å². The van der Waals surface area contributed by atoms with Crippen LogP contribution in [0.15, 0.2) is 77.3 Å². The Bertz CT molecular complexity index is 1150. The third-order valence-corrected chi connectivity index (χ3v) is 5.78. The number of phenolic OH excluding ortho intramolecular Hbond substituents is 1. The van der Waals surface area contributed by atoms with Crippen LogP contribution < -0.4 is 10.8 Å². The van der Waals surface area contributed by atoms with Crippen molar-refractivity contribution >= 4 is 44.4 Å². The number of nitrogens with one attached hydrogen (secondary N) is 2. The van der Waals surface area contributed by atoms with E-state index in [2.05, 4.69) is 21.2 Å². The summed E-state index contributed by atoms with van der Waals surface area (Å²) in [7, 11) is 0. The average Bonchev–Trinajstić information content (AvgIpc) is 2.82. The molecule has 3 aromatic carbocycles. The number of carbonyl (C=O) groups excluding carboxylic acids is 2. The standard InChI is InChI=1S/C25H25BrN2O5/c1-16(6-2-5-9-23(30)28-32)24(33-25(31)27-18-12-10-17(26)11-13-18)21-14-15-22(29)20-8-4-3-7-19(20)21/h3-5,7-16,24,29,32H,2,6H2,1H3,(H,27,31)(H,28,30)/b9-5+/t16-,24-/m0/s1. The van der Waals surface area contributed by atoms with Crippen LogP contribution in [0.5, 0.6) is 5.75 Å². The minimum absolute atomic E-state index is 0.115. The van der Waals surface area contributed by atoms with Gasteiger partial charge in [-0.1, -0.05) is 59.3 Å². The summed E-state index contributed by atoms with van der Waals surface area (Å²) < 4.78 is 6.79. The molecule has 0 radical (unpaired) electrons. The number of aromatic hydroxyl groups is 1. The maximum absolute atomic E-state index is 12.8. The van der Waals surface area contributed by atoms with Gasteiger partial charge in [0.1, 0.15) is 11.9 Å². The van der Waals surface area contributed by atoms with Crippen LogP contribution >= 0.6 is 15.9 Å². The Balaban J connectivity index is 1.85. The highest BCUT2D eigenvalue weighted by Crippen LogP contribution is 2.37. The predicted molar refractivity (Wildman–Crippen MR) is 130 cm³/mol. The summed E-state index contributed by atoms with van der Waals surface area (Å²) in [6, 6.07) is 17.9. The molecule has 0 aliphatic carbocycles. The number of halogens is 1. The molecule has 0 aromatic heterocycles. The fraction of sp³-hybridized carbons (Fsp3) is 0.200. The maximum Gasteiger partial charge on any atom is 0.412 e. The lowest BCUT2D eigenvalue weighted by molar-refractivity contribution is -0.124. The Morgan fingerprint density at radius 1 is 1.06 bits per heavy atom. The maximum atomic E-state index is 12.8. The summed E-state index contributed by atoms with van der Waals surface area (Å²) in [6.07, 6.45) is 2.85. The van der Waals surface area contributed by atoms with Gasteiger partial charge >= 0.3 is 6.09 Å². The third-order valence-electron chi connectivity index (χ3n) is 5.25. The summed E-state index contributed by atoms with van der Waals surface area (Å²) in [5.41, 5.74) is 2.93. The summed E-state index contributed by atoms with van der Waals surface area (Å²) >= 11 is 3.37. The van der Waals surface area contributed by atoms with Crippen LogP contribution in [0.25, 0.3) is 10.8 Å². The largest absolute Gasteiger partial charge is 0.507 e. The molecule has 172 valence electrons. The number of benzene rings is 3. The van der Waals surface area contributed by atoms with Crippen molar-refractivity contribution < 1.29 is 24.6 Å². The molecule has 0 saturated heterocycles. The molecule has 0 aliphatic heterocycles. The topological polar surface area (TPSA) is 108 Å². The van der Waals surface area contributed by atoms with Crippen LogP contribution in [0.3, 0.4) is 0 Å². The number of anilines is 1. The molecule has 0 aliphatic rings. The second kappa shape index (κ2) is 11.5. The highest BCUT2D eigenvalue weighted by Gasteiger charge is 2.26. The number of ether oxygens (including phenoxy) is 1. The minimum Gasteiger partial charge on any atom is -0.507 e. The van der Waals surface area contributed by atoms with E-state index < -0.39 is 18.1 Å². The quantitative estimate of drug-likeness (QED) is 0.166. The van der Waals surface area contributed by atoms with Gasteiger partial charge in [-0.15, -0.1) is 0 Å². The van der Waals surface area contributed by atoms with Crippen molar-refractivity contribution in [2.24, 2.45) is 5.92 Å². The predicted octanol–water partition coefficient (Wildman–Crippen LogP) is 6.08. The van der Waals surface area contributed by atoms with Crippen LogP contribution in [0, 0.1) is 5.92 Å². The van der Waals surface area contributed by atoms with Crippen LogP contribution in [0.1, 0.15) is 31.4 Å². The molecule has 0 heterocycles. The van der Waals surface area contributed by atoms with E-state index in [0.29, 0.717) is 23.9 Å². The van der Waals surface area contributed by atoms with Gasteiger partial charge in [-0.2, -0.15) is 0 Å². The average molecular weight is 513 g/mol. The lowest BCUT2D eigenvalue weighted by Gasteiger charge is -2.26. The Morgan fingerprint density at radius 3 is 2.45 bits per heavy atom. The number of phenols is 1. The first-order valence-electron chi connectivity index (χ1n) is 10.4. The molecule has 33 heavy (non-hydrogen) atoms. The fourth-order valence-electron chi connectivity index (χ4n) is 3.57. The van der Waals surface area contributed by atoms with Crippen LogP contribution in [0.4, 0.5) is 10.5 Å². The Kier molecular flexibility index (Phi) is 8.46. The lowest BCUT2D eigenvalue weighted by atomic mass is 9.89. The van der Waals surface area contributed by atoms with Crippen molar-refractivity contribution in [3.8, 4) is 5.75 Å². The van der Waals surface area contributed by atoms with Gasteiger partial charge in [0.2, 0.25) is 0 Å². The molecule has 3 rings (SSSR count). The van der Waals surface area contributed by atoms with E-state index in [-0.39, 0.29) is 11.7 Å². The molecular formula is C25H25BrN2O5. The third kappa shape index (κ3) is 6.57.